The monoisotopic (exact) mass is 332 g/mol. The Morgan fingerprint density at radius 3 is 2.88 bits per heavy atom. The van der Waals surface area contributed by atoms with E-state index in [1.165, 1.54) is 6.20 Å². The Balaban J connectivity index is 1.69. The van der Waals surface area contributed by atoms with Crippen LogP contribution in [-0.2, 0) is 6.42 Å². The molecule has 0 bridgehead atoms. The topological polar surface area (TPSA) is 71.8 Å². The number of halogens is 3. The summed E-state index contributed by atoms with van der Waals surface area (Å²) < 4.78 is 38.6. The number of aromatic nitrogens is 6. The fraction of sp³-hybridized carbons (Fsp3) is 0.200. The van der Waals surface area contributed by atoms with Gasteiger partial charge in [-0.05, 0) is 6.07 Å². The van der Waals surface area contributed by atoms with Crippen molar-refractivity contribution in [2.75, 3.05) is 0 Å². The van der Waals surface area contributed by atoms with Gasteiger partial charge in [0.2, 0.25) is 0 Å². The number of hydrogen-bond acceptors (Lipinski definition) is 4. The molecule has 0 unspecified atom stereocenters. The molecule has 0 spiro atoms. The second kappa shape index (κ2) is 5.29. The number of aryl methyl sites for hydroxylation is 1. The van der Waals surface area contributed by atoms with Gasteiger partial charge < -0.3 is 4.98 Å². The fourth-order valence-electron chi connectivity index (χ4n) is 2.49. The van der Waals surface area contributed by atoms with E-state index < -0.39 is 12.6 Å². The number of nitrogens with zero attached hydrogens (tertiary/aromatic N) is 5. The third kappa shape index (κ3) is 2.68. The Morgan fingerprint density at radius 2 is 2.04 bits per heavy atom. The molecule has 9 heteroatoms. The highest BCUT2D eigenvalue weighted by Crippen LogP contribution is 2.27. The fourth-order valence-corrected chi connectivity index (χ4v) is 2.49. The largest absolute Gasteiger partial charge is 0.389 e. The summed E-state index contributed by atoms with van der Waals surface area (Å²) in [5.74, 6) is 0.160. The van der Waals surface area contributed by atoms with Gasteiger partial charge >= 0.3 is 6.18 Å². The van der Waals surface area contributed by atoms with Gasteiger partial charge in [0, 0.05) is 42.0 Å². The summed E-state index contributed by atoms with van der Waals surface area (Å²) in [6.45, 7) is 0. The Bertz CT molecular complexity index is 1020. The van der Waals surface area contributed by atoms with Crippen molar-refractivity contribution in [3.63, 3.8) is 0 Å². The van der Waals surface area contributed by atoms with Crippen LogP contribution in [0.3, 0.4) is 0 Å². The van der Waals surface area contributed by atoms with Crippen LogP contribution in [-0.4, -0.2) is 35.7 Å². The highest BCUT2D eigenvalue weighted by molar-refractivity contribution is 5.92. The molecule has 0 atom stereocenters. The van der Waals surface area contributed by atoms with Crippen molar-refractivity contribution in [2.24, 2.45) is 0 Å². The molecule has 0 saturated heterocycles. The summed E-state index contributed by atoms with van der Waals surface area (Å²) in [6.07, 6.45) is 1.29. The number of alkyl halides is 3. The van der Waals surface area contributed by atoms with Crippen molar-refractivity contribution in [1.82, 2.24) is 29.5 Å². The molecule has 4 heterocycles. The molecule has 0 saturated carbocycles. The van der Waals surface area contributed by atoms with E-state index in [2.05, 4.69) is 25.0 Å². The SMILES string of the molecule is FC(F)(F)CCc1ncc2c(-c3ccn4nccc4n3)c[nH]c2n1. The minimum Gasteiger partial charge on any atom is -0.345 e. The molecule has 0 aliphatic rings. The van der Waals surface area contributed by atoms with E-state index in [1.807, 2.05) is 0 Å². The van der Waals surface area contributed by atoms with Gasteiger partial charge in [-0.1, -0.05) is 0 Å². The second-order valence-electron chi connectivity index (χ2n) is 5.31. The molecule has 4 aromatic heterocycles. The van der Waals surface area contributed by atoms with Crippen LogP contribution in [0, 0.1) is 0 Å². The first-order chi connectivity index (χ1) is 11.5. The van der Waals surface area contributed by atoms with Crippen molar-refractivity contribution in [2.45, 2.75) is 19.0 Å². The van der Waals surface area contributed by atoms with Gasteiger partial charge in [0.25, 0.3) is 0 Å². The normalized spacial score (nSPS) is 12.3. The molecule has 4 rings (SSSR count). The third-order valence-corrected chi connectivity index (χ3v) is 3.65. The molecule has 0 amide bonds. The average molecular weight is 332 g/mol. The first-order valence-corrected chi connectivity index (χ1v) is 7.20. The molecule has 0 aliphatic heterocycles. The van der Waals surface area contributed by atoms with Crippen LogP contribution in [0.5, 0.6) is 0 Å². The van der Waals surface area contributed by atoms with Crippen molar-refractivity contribution >= 4 is 16.7 Å². The van der Waals surface area contributed by atoms with E-state index in [-0.39, 0.29) is 12.2 Å². The van der Waals surface area contributed by atoms with Crippen LogP contribution in [0.1, 0.15) is 12.2 Å². The summed E-state index contributed by atoms with van der Waals surface area (Å²) in [5, 5.41) is 4.80. The van der Waals surface area contributed by atoms with Crippen molar-refractivity contribution in [3.05, 3.63) is 42.7 Å². The lowest BCUT2D eigenvalue weighted by atomic mass is 10.2. The van der Waals surface area contributed by atoms with E-state index in [0.29, 0.717) is 22.4 Å². The highest BCUT2D eigenvalue weighted by Gasteiger charge is 2.27. The van der Waals surface area contributed by atoms with Crippen LogP contribution in [0.25, 0.3) is 27.9 Å². The Hall–Kier alpha value is -2.97. The molecule has 24 heavy (non-hydrogen) atoms. The standard InChI is InChI=1S/C15H11F3N6/c16-15(17,18)4-1-12-19-8-10-9(7-20-14(10)23-12)11-3-6-24-13(22-11)2-5-21-24/h2-3,5-8H,1,4H2,(H,19,20,23). The van der Waals surface area contributed by atoms with Gasteiger partial charge in [-0.15, -0.1) is 0 Å². The lowest BCUT2D eigenvalue weighted by Crippen LogP contribution is -2.10. The third-order valence-electron chi connectivity index (χ3n) is 3.65. The minimum atomic E-state index is -4.22. The van der Waals surface area contributed by atoms with E-state index in [9.17, 15) is 13.2 Å². The molecule has 6 nitrogen and oxygen atoms in total. The first-order valence-electron chi connectivity index (χ1n) is 7.20. The lowest BCUT2D eigenvalue weighted by molar-refractivity contribution is -0.134. The van der Waals surface area contributed by atoms with E-state index in [0.717, 1.165) is 5.56 Å². The molecule has 0 radical (unpaired) electrons. The predicted octanol–water partition coefficient (Wildman–Crippen LogP) is 3.16. The maximum atomic E-state index is 12.3. The summed E-state index contributed by atoms with van der Waals surface area (Å²) in [4.78, 5) is 15.7. The van der Waals surface area contributed by atoms with Crippen LogP contribution in [0.4, 0.5) is 13.2 Å². The number of nitrogens with one attached hydrogen (secondary N) is 1. The summed E-state index contributed by atoms with van der Waals surface area (Å²) in [6, 6.07) is 3.59. The predicted molar refractivity (Wildman–Crippen MR) is 80.2 cm³/mol. The molecular weight excluding hydrogens is 321 g/mol. The molecular formula is C15H11F3N6. The van der Waals surface area contributed by atoms with Gasteiger partial charge in [0.1, 0.15) is 11.5 Å². The number of fused-ring (bicyclic) bond motifs is 2. The number of H-pyrrole nitrogens is 1. The zero-order valence-electron chi connectivity index (χ0n) is 12.2. The van der Waals surface area contributed by atoms with E-state index in [4.69, 9.17) is 0 Å². The zero-order chi connectivity index (χ0) is 16.7. The van der Waals surface area contributed by atoms with E-state index >= 15 is 0 Å². The summed E-state index contributed by atoms with van der Waals surface area (Å²) >= 11 is 0. The number of rotatable bonds is 3. The van der Waals surface area contributed by atoms with Crippen LogP contribution in [0.2, 0.25) is 0 Å². The Morgan fingerprint density at radius 1 is 1.17 bits per heavy atom. The minimum absolute atomic E-state index is 0.160. The lowest BCUT2D eigenvalue weighted by Gasteiger charge is -2.05. The van der Waals surface area contributed by atoms with Crippen LogP contribution < -0.4 is 0 Å². The smallest absolute Gasteiger partial charge is 0.345 e. The molecule has 122 valence electrons. The van der Waals surface area contributed by atoms with Gasteiger partial charge in [0.05, 0.1) is 18.3 Å². The molecule has 4 aromatic rings. The van der Waals surface area contributed by atoms with Gasteiger partial charge in [-0.2, -0.15) is 18.3 Å². The average Bonchev–Trinajstić information content (AvgIpc) is 3.17. The van der Waals surface area contributed by atoms with Crippen LogP contribution in [0.15, 0.2) is 36.9 Å². The molecule has 1 N–H and O–H groups in total. The quantitative estimate of drug-likeness (QED) is 0.625. The molecule has 0 aliphatic carbocycles. The molecule has 0 aromatic carbocycles. The van der Waals surface area contributed by atoms with Gasteiger partial charge in [0.15, 0.2) is 5.65 Å². The van der Waals surface area contributed by atoms with Crippen molar-refractivity contribution < 1.29 is 13.2 Å². The van der Waals surface area contributed by atoms with E-state index in [1.54, 1.807) is 35.2 Å². The van der Waals surface area contributed by atoms with Gasteiger partial charge in [-0.3, -0.25) is 0 Å². The zero-order valence-corrected chi connectivity index (χ0v) is 12.2. The maximum absolute atomic E-state index is 12.3. The first kappa shape index (κ1) is 14.6. The summed E-state index contributed by atoms with van der Waals surface area (Å²) in [5.41, 5.74) is 2.69. The highest BCUT2D eigenvalue weighted by atomic mass is 19.4. The van der Waals surface area contributed by atoms with Gasteiger partial charge in [-0.25, -0.2) is 19.5 Å². The maximum Gasteiger partial charge on any atom is 0.389 e. The Kier molecular flexibility index (Phi) is 3.22. The Labute approximate surface area is 133 Å². The molecule has 0 fully saturated rings. The second-order valence-corrected chi connectivity index (χ2v) is 5.31. The number of hydrogen-bond donors (Lipinski definition) is 1. The van der Waals surface area contributed by atoms with Crippen LogP contribution >= 0.6 is 0 Å². The van der Waals surface area contributed by atoms with Crippen molar-refractivity contribution in [1.29, 1.82) is 0 Å². The number of aromatic amines is 1. The van der Waals surface area contributed by atoms with Crippen molar-refractivity contribution in [3.8, 4) is 11.3 Å². The summed E-state index contributed by atoms with van der Waals surface area (Å²) in [7, 11) is 0.